The lowest BCUT2D eigenvalue weighted by molar-refractivity contribution is -0.141. The molecule has 1 unspecified atom stereocenters. The molecule has 21 heavy (non-hydrogen) atoms. The van der Waals surface area contributed by atoms with Crippen LogP contribution in [0.15, 0.2) is 6.07 Å². The number of alkyl halides is 3. The Balaban J connectivity index is 2.25. The van der Waals surface area contributed by atoms with Crippen molar-refractivity contribution in [3.8, 4) is 0 Å². The molecule has 0 saturated carbocycles. The van der Waals surface area contributed by atoms with Crippen molar-refractivity contribution in [3.05, 3.63) is 17.0 Å². The lowest BCUT2D eigenvalue weighted by atomic mass is 9.97. The average molecular weight is 323 g/mol. The van der Waals surface area contributed by atoms with Crippen molar-refractivity contribution in [2.45, 2.75) is 19.0 Å². The van der Waals surface area contributed by atoms with E-state index in [4.69, 9.17) is 11.6 Å². The molecule has 1 aromatic heterocycles. The molecule has 0 spiro atoms. The van der Waals surface area contributed by atoms with E-state index in [0.717, 1.165) is 6.07 Å². The van der Waals surface area contributed by atoms with Crippen molar-refractivity contribution in [1.29, 1.82) is 0 Å². The van der Waals surface area contributed by atoms with Gasteiger partial charge in [0.25, 0.3) is 0 Å². The minimum atomic E-state index is -4.59. The minimum Gasteiger partial charge on any atom is -0.359 e. The van der Waals surface area contributed by atoms with E-state index in [-0.39, 0.29) is 17.6 Å². The SMILES string of the molecule is CNC(=O)C1CCCN(c2cc(C(F)(F)F)nc(Cl)n2)C1. The molecule has 1 atom stereocenters. The molecular weight excluding hydrogens is 309 g/mol. The van der Waals surface area contributed by atoms with Gasteiger partial charge < -0.3 is 10.2 Å². The summed E-state index contributed by atoms with van der Waals surface area (Å²) in [5, 5.41) is 2.09. The van der Waals surface area contributed by atoms with Gasteiger partial charge in [-0.15, -0.1) is 0 Å². The number of nitrogens with one attached hydrogen (secondary N) is 1. The van der Waals surface area contributed by atoms with Gasteiger partial charge in [0.05, 0.1) is 5.92 Å². The summed E-state index contributed by atoms with van der Waals surface area (Å²) in [5.74, 6) is -0.307. The first-order valence-electron chi connectivity index (χ1n) is 6.39. The number of amides is 1. The van der Waals surface area contributed by atoms with Gasteiger partial charge in [-0.2, -0.15) is 13.2 Å². The van der Waals surface area contributed by atoms with E-state index in [9.17, 15) is 18.0 Å². The Labute approximate surface area is 124 Å². The molecule has 0 bridgehead atoms. The van der Waals surface area contributed by atoms with Crippen LogP contribution in [-0.2, 0) is 11.0 Å². The zero-order chi connectivity index (χ0) is 15.6. The van der Waals surface area contributed by atoms with E-state index >= 15 is 0 Å². The molecule has 5 nitrogen and oxygen atoms in total. The Kier molecular flexibility index (Phi) is 4.55. The topological polar surface area (TPSA) is 58.1 Å². The Hall–Kier alpha value is -1.57. The highest BCUT2D eigenvalue weighted by atomic mass is 35.5. The monoisotopic (exact) mass is 322 g/mol. The maximum Gasteiger partial charge on any atom is 0.433 e. The van der Waals surface area contributed by atoms with Gasteiger partial charge >= 0.3 is 6.18 Å². The van der Waals surface area contributed by atoms with Crippen molar-refractivity contribution in [3.63, 3.8) is 0 Å². The molecule has 1 aromatic rings. The molecule has 2 rings (SSSR count). The van der Waals surface area contributed by atoms with Crippen LogP contribution < -0.4 is 10.2 Å². The number of hydrogen-bond acceptors (Lipinski definition) is 4. The maximum atomic E-state index is 12.7. The van der Waals surface area contributed by atoms with Gasteiger partial charge in [0.2, 0.25) is 11.2 Å². The second-order valence-corrected chi connectivity index (χ2v) is 5.12. The molecule has 1 aliphatic heterocycles. The zero-order valence-electron chi connectivity index (χ0n) is 11.2. The summed E-state index contributed by atoms with van der Waals surface area (Å²) in [6.07, 6.45) is -3.19. The maximum absolute atomic E-state index is 12.7. The summed E-state index contributed by atoms with van der Waals surface area (Å²) in [5.41, 5.74) is -1.08. The number of carbonyl (C=O) groups is 1. The Morgan fingerprint density at radius 3 is 2.81 bits per heavy atom. The third-order valence-electron chi connectivity index (χ3n) is 3.34. The third kappa shape index (κ3) is 3.75. The highest BCUT2D eigenvalue weighted by molar-refractivity contribution is 6.28. The number of piperidine rings is 1. The van der Waals surface area contributed by atoms with Gasteiger partial charge in [0, 0.05) is 26.2 Å². The quantitative estimate of drug-likeness (QED) is 0.847. The normalized spacial score (nSPS) is 19.5. The van der Waals surface area contributed by atoms with Gasteiger partial charge in [0.1, 0.15) is 5.82 Å². The number of nitrogens with zero attached hydrogens (tertiary/aromatic N) is 3. The molecule has 1 amide bonds. The highest BCUT2D eigenvalue weighted by Crippen LogP contribution is 2.31. The van der Waals surface area contributed by atoms with Crippen LogP contribution in [-0.4, -0.2) is 36.0 Å². The number of aromatic nitrogens is 2. The summed E-state index contributed by atoms with van der Waals surface area (Å²) in [6, 6.07) is 0.859. The fraction of sp³-hybridized carbons (Fsp3) is 0.583. The standard InChI is InChI=1S/C12H14ClF3N4O/c1-17-10(21)7-3-2-4-20(6-7)9-5-8(12(14,15)16)18-11(13)19-9/h5,7H,2-4,6H2,1H3,(H,17,21). The minimum absolute atomic E-state index is 0.0935. The predicted molar refractivity (Wildman–Crippen MR) is 71.0 cm³/mol. The molecular formula is C12H14ClF3N4O. The molecule has 0 aromatic carbocycles. The Morgan fingerprint density at radius 2 is 2.19 bits per heavy atom. The van der Waals surface area contributed by atoms with Gasteiger partial charge in [-0.1, -0.05) is 0 Å². The van der Waals surface area contributed by atoms with Crippen LogP contribution >= 0.6 is 11.6 Å². The van der Waals surface area contributed by atoms with Crippen molar-refractivity contribution in [1.82, 2.24) is 15.3 Å². The van der Waals surface area contributed by atoms with E-state index in [0.29, 0.717) is 25.9 Å². The summed E-state index contributed by atoms with van der Waals surface area (Å²) >= 11 is 5.57. The van der Waals surface area contributed by atoms with E-state index in [1.807, 2.05) is 0 Å². The lowest BCUT2D eigenvalue weighted by Gasteiger charge is -2.32. The first kappa shape index (κ1) is 15.8. The lowest BCUT2D eigenvalue weighted by Crippen LogP contribution is -2.42. The molecule has 9 heteroatoms. The number of halogens is 4. The van der Waals surface area contributed by atoms with Crippen LogP contribution in [0.1, 0.15) is 18.5 Å². The fourth-order valence-corrected chi connectivity index (χ4v) is 2.49. The largest absolute Gasteiger partial charge is 0.433 e. The van der Waals surface area contributed by atoms with E-state index < -0.39 is 17.2 Å². The molecule has 1 aliphatic rings. The number of hydrogen-bond donors (Lipinski definition) is 1. The van der Waals surface area contributed by atoms with Gasteiger partial charge in [-0.25, -0.2) is 9.97 Å². The van der Waals surface area contributed by atoms with Crippen molar-refractivity contribution >= 4 is 23.3 Å². The van der Waals surface area contributed by atoms with Crippen molar-refractivity contribution in [2.75, 3.05) is 25.0 Å². The van der Waals surface area contributed by atoms with Gasteiger partial charge in [0.15, 0.2) is 5.69 Å². The number of anilines is 1. The fourth-order valence-electron chi connectivity index (χ4n) is 2.32. The third-order valence-corrected chi connectivity index (χ3v) is 3.51. The molecule has 0 aliphatic carbocycles. The second kappa shape index (κ2) is 6.05. The van der Waals surface area contributed by atoms with Crippen LogP contribution in [0.3, 0.4) is 0 Å². The van der Waals surface area contributed by atoms with Crippen LogP contribution in [0.5, 0.6) is 0 Å². The molecule has 0 radical (unpaired) electrons. The smallest absolute Gasteiger partial charge is 0.359 e. The number of rotatable bonds is 2. The van der Waals surface area contributed by atoms with E-state index in [1.54, 1.807) is 4.90 Å². The zero-order valence-corrected chi connectivity index (χ0v) is 12.0. The van der Waals surface area contributed by atoms with Crippen molar-refractivity contribution in [2.24, 2.45) is 5.92 Å². The van der Waals surface area contributed by atoms with Crippen LogP contribution in [0.4, 0.5) is 19.0 Å². The van der Waals surface area contributed by atoms with Crippen molar-refractivity contribution < 1.29 is 18.0 Å². The average Bonchev–Trinajstić information content (AvgIpc) is 2.45. The molecule has 1 N–H and O–H groups in total. The molecule has 1 fully saturated rings. The van der Waals surface area contributed by atoms with Crippen LogP contribution in [0.25, 0.3) is 0 Å². The predicted octanol–water partition coefficient (Wildman–Crippen LogP) is 2.11. The Bertz CT molecular complexity index is 538. The molecule has 2 heterocycles. The number of carbonyl (C=O) groups excluding carboxylic acids is 1. The summed E-state index contributed by atoms with van der Waals surface area (Å²) < 4.78 is 38.2. The molecule has 116 valence electrons. The first-order valence-corrected chi connectivity index (χ1v) is 6.77. The summed E-state index contributed by atoms with van der Waals surface area (Å²) in [4.78, 5) is 20.3. The van der Waals surface area contributed by atoms with Crippen LogP contribution in [0.2, 0.25) is 5.28 Å². The highest BCUT2D eigenvalue weighted by Gasteiger charge is 2.35. The van der Waals surface area contributed by atoms with Gasteiger partial charge in [-0.05, 0) is 24.4 Å². The first-order chi connectivity index (χ1) is 9.81. The van der Waals surface area contributed by atoms with Gasteiger partial charge in [-0.3, -0.25) is 4.79 Å². The molecule has 1 saturated heterocycles. The Morgan fingerprint density at radius 1 is 1.48 bits per heavy atom. The summed E-state index contributed by atoms with van der Waals surface area (Å²) in [6.45, 7) is 0.836. The van der Waals surface area contributed by atoms with E-state index in [2.05, 4.69) is 15.3 Å². The second-order valence-electron chi connectivity index (χ2n) is 4.78. The summed E-state index contributed by atoms with van der Waals surface area (Å²) in [7, 11) is 1.53. The van der Waals surface area contributed by atoms with Crippen LogP contribution in [0, 0.1) is 5.92 Å². The van der Waals surface area contributed by atoms with E-state index in [1.165, 1.54) is 7.05 Å².